The van der Waals surface area contributed by atoms with Crippen LogP contribution in [-0.4, -0.2) is 43.0 Å². The molecular formula is C26H34F3N5O. The van der Waals surface area contributed by atoms with E-state index in [4.69, 9.17) is 9.97 Å². The third-order valence-corrected chi connectivity index (χ3v) is 6.08. The zero-order chi connectivity index (χ0) is 24.1. The molecule has 3 aromatic rings. The molecule has 190 valence electrons. The Kier molecular flexibility index (Phi) is 8.77. The number of nitrogens with zero attached hydrogens (tertiary/aromatic N) is 3. The molecule has 1 heterocycles. The summed E-state index contributed by atoms with van der Waals surface area (Å²) in [5.74, 6) is 1.90. The Morgan fingerprint density at radius 3 is 2.46 bits per heavy atom. The number of hydrogen-bond acceptors (Lipinski definition) is 6. The number of ether oxygens (including phenoxy) is 1. The maximum atomic E-state index is 12.4. The molecule has 1 saturated carbocycles. The van der Waals surface area contributed by atoms with Crippen LogP contribution in [0.4, 0.5) is 24.9 Å². The molecule has 2 N–H and O–H groups in total. The zero-order valence-corrected chi connectivity index (χ0v) is 19.4. The smallest absolute Gasteiger partial charge is 0.406 e. The molecule has 1 aliphatic carbocycles. The maximum absolute atomic E-state index is 12.4. The van der Waals surface area contributed by atoms with Crippen molar-refractivity contribution in [3.8, 4) is 5.75 Å². The molecule has 35 heavy (non-hydrogen) atoms. The predicted octanol–water partition coefficient (Wildman–Crippen LogP) is 5.99. The molecule has 0 atom stereocenters. The molecule has 9 heteroatoms. The molecule has 4 rings (SSSR count). The van der Waals surface area contributed by atoms with Crippen molar-refractivity contribution in [2.24, 2.45) is 5.92 Å². The standard InChI is InChI=1S/C25H30F3N5O.CH4/c1-33(2)23-21-8-3-4-9-22(21)31-24(32-23)30-19-12-10-17(11-13-19)15-29-16-18-6-5-7-20(14-18)34-25(26,27)28;/h3-9,14,17,19,29H,10-13,15-16H2,1-2H3,(H,30,31,32);1H4. The number of anilines is 2. The topological polar surface area (TPSA) is 62.3 Å². The van der Waals surface area contributed by atoms with Gasteiger partial charge in [-0.15, -0.1) is 13.2 Å². The molecule has 0 spiro atoms. The lowest BCUT2D eigenvalue weighted by molar-refractivity contribution is -0.274. The highest BCUT2D eigenvalue weighted by atomic mass is 19.4. The number of para-hydroxylation sites is 1. The van der Waals surface area contributed by atoms with Gasteiger partial charge in [0.25, 0.3) is 0 Å². The minimum Gasteiger partial charge on any atom is -0.406 e. The number of rotatable bonds is 8. The van der Waals surface area contributed by atoms with Crippen molar-refractivity contribution in [3.63, 3.8) is 0 Å². The Labute approximate surface area is 204 Å². The van der Waals surface area contributed by atoms with Crippen molar-refractivity contribution in [2.45, 2.75) is 52.1 Å². The molecule has 6 nitrogen and oxygen atoms in total. The van der Waals surface area contributed by atoms with E-state index in [2.05, 4.69) is 15.4 Å². The number of fused-ring (bicyclic) bond motifs is 1. The second-order valence-corrected chi connectivity index (χ2v) is 8.97. The SMILES string of the molecule is C.CN(C)c1nc(NC2CCC(CNCc3cccc(OC(F)(F)F)c3)CC2)nc2ccccc12. The lowest BCUT2D eigenvalue weighted by Gasteiger charge is -2.29. The fraction of sp³-hybridized carbons (Fsp3) is 0.462. The van der Waals surface area contributed by atoms with Gasteiger partial charge in [0, 0.05) is 32.1 Å². The van der Waals surface area contributed by atoms with Crippen molar-refractivity contribution in [2.75, 3.05) is 30.9 Å². The van der Waals surface area contributed by atoms with Crippen LogP contribution in [-0.2, 0) is 6.54 Å². The van der Waals surface area contributed by atoms with Gasteiger partial charge in [0.15, 0.2) is 0 Å². The summed E-state index contributed by atoms with van der Waals surface area (Å²) >= 11 is 0. The Morgan fingerprint density at radius 2 is 1.74 bits per heavy atom. The van der Waals surface area contributed by atoms with Gasteiger partial charge in [-0.1, -0.05) is 31.7 Å². The highest BCUT2D eigenvalue weighted by Crippen LogP contribution is 2.28. The van der Waals surface area contributed by atoms with E-state index in [1.54, 1.807) is 12.1 Å². The lowest BCUT2D eigenvalue weighted by atomic mass is 9.86. The third kappa shape index (κ3) is 7.45. The first kappa shape index (κ1) is 26.5. The van der Waals surface area contributed by atoms with Crippen molar-refractivity contribution in [1.82, 2.24) is 15.3 Å². The minimum atomic E-state index is -4.68. The highest BCUT2D eigenvalue weighted by Gasteiger charge is 2.31. The number of benzene rings is 2. The van der Waals surface area contributed by atoms with Crippen LogP contribution >= 0.6 is 0 Å². The molecule has 1 fully saturated rings. The number of nitrogens with one attached hydrogen (secondary N) is 2. The van der Waals surface area contributed by atoms with Crippen molar-refractivity contribution in [1.29, 1.82) is 0 Å². The van der Waals surface area contributed by atoms with Crippen molar-refractivity contribution < 1.29 is 17.9 Å². The first-order valence-corrected chi connectivity index (χ1v) is 11.5. The lowest BCUT2D eigenvalue weighted by Crippen LogP contribution is -2.31. The van der Waals surface area contributed by atoms with Gasteiger partial charge in [0.1, 0.15) is 11.6 Å². The summed E-state index contributed by atoms with van der Waals surface area (Å²) in [4.78, 5) is 11.4. The third-order valence-electron chi connectivity index (χ3n) is 6.08. The van der Waals surface area contributed by atoms with E-state index in [0.717, 1.165) is 54.5 Å². The highest BCUT2D eigenvalue weighted by molar-refractivity contribution is 5.90. The van der Waals surface area contributed by atoms with Gasteiger partial charge < -0.3 is 20.3 Å². The largest absolute Gasteiger partial charge is 0.573 e. The van der Waals surface area contributed by atoms with Gasteiger partial charge in [-0.3, -0.25) is 0 Å². The Balaban J connectivity index is 0.00000342. The molecule has 0 aliphatic heterocycles. The van der Waals surface area contributed by atoms with Crippen LogP contribution in [0.15, 0.2) is 48.5 Å². The predicted molar refractivity (Wildman–Crippen MR) is 135 cm³/mol. The molecule has 0 bridgehead atoms. The summed E-state index contributed by atoms with van der Waals surface area (Å²) in [5.41, 5.74) is 1.69. The fourth-order valence-corrected chi connectivity index (χ4v) is 4.43. The number of halogens is 3. The van der Waals surface area contributed by atoms with E-state index in [1.807, 2.05) is 43.3 Å². The van der Waals surface area contributed by atoms with E-state index in [0.29, 0.717) is 24.5 Å². The second-order valence-electron chi connectivity index (χ2n) is 8.97. The van der Waals surface area contributed by atoms with Crippen LogP contribution < -0.4 is 20.3 Å². The molecule has 0 unspecified atom stereocenters. The maximum Gasteiger partial charge on any atom is 0.573 e. The molecule has 2 aromatic carbocycles. The molecule has 0 radical (unpaired) electrons. The van der Waals surface area contributed by atoms with Gasteiger partial charge >= 0.3 is 6.36 Å². The van der Waals surface area contributed by atoms with Crippen LogP contribution in [0, 0.1) is 5.92 Å². The van der Waals surface area contributed by atoms with E-state index >= 15 is 0 Å². The first-order chi connectivity index (χ1) is 16.3. The van der Waals surface area contributed by atoms with Crippen LogP contribution in [0.1, 0.15) is 38.7 Å². The van der Waals surface area contributed by atoms with Gasteiger partial charge in [0.05, 0.1) is 5.52 Å². The van der Waals surface area contributed by atoms with E-state index < -0.39 is 6.36 Å². The van der Waals surface area contributed by atoms with E-state index in [1.165, 1.54) is 12.1 Å². The average molecular weight is 490 g/mol. The summed E-state index contributed by atoms with van der Waals surface area (Å²) in [6.45, 7) is 1.33. The van der Waals surface area contributed by atoms with Crippen LogP contribution in [0.3, 0.4) is 0 Å². The normalized spacial score (nSPS) is 18.1. The summed E-state index contributed by atoms with van der Waals surface area (Å²) in [6, 6.07) is 14.4. The molecular weight excluding hydrogens is 455 g/mol. The zero-order valence-electron chi connectivity index (χ0n) is 19.4. The van der Waals surface area contributed by atoms with Crippen molar-refractivity contribution >= 4 is 22.7 Å². The summed E-state index contributed by atoms with van der Waals surface area (Å²) in [6.07, 6.45) is -0.500. The summed E-state index contributed by atoms with van der Waals surface area (Å²) < 4.78 is 41.2. The van der Waals surface area contributed by atoms with Gasteiger partial charge in [-0.25, -0.2) is 4.98 Å². The second kappa shape index (κ2) is 11.6. The van der Waals surface area contributed by atoms with Crippen LogP contribution in [0.25, 0.3) is 10.9 Å². The average Bonchev–Trinajstić information content (AvgIpc) is 2.79. The minimum absolute atomic E-state index is 0. The molecule has 0 amide bonds. The van der Waals surface area contributed by atoms with Crippen LogP contribution in [0.2, 0.25) is 0 Å². The monoisotopic (exact) mass is 489 g/mol. The summed E-state index contributed by atoms with van der Waals surface area (Å²) in [5, 5.41) is 7.93. The number of hydrogen-bond donors (Lipinski definition) is 2. The Hall–Kier alpha value is -3.07. The first-order valence-electron chi connectivity index (χ1n) is 11.5. The van der Waals surface area contributed by atoms with Gasteiger partial charge in [-0.05, 0) is 68.0 Å². The van der Waals surface area contributed by atoms with E-state index in [9.17, 15) is 13.2 Å². The van der Waals surface area contributed by atoms with Gasteiger partial charge in [0.2, 0.25) is 5.95 Å². The van der Waals surface area contributed by atoms with E-state index in [-0.39, 0.29) is 13.2 Å². The van der Waals surface area contributed by atoms with Gasteiger partial charge in [-0.2, -0.15) is 4.98 Å². The fourth-order valence-electron chi connectivity index (χ4n) is 4.43. The number of aromatic nitrogens is 2. The molecule has 0 saturated heterocycles. The summed E-state index contributed by atoms with van der Waals surface area (Å²) in [7, 11) is 3.96. The van der Waals surface area contributed by atoms with Crippen LogP contribution in [0.5, 0.6) is 5.75 Å². The van der Waals surface area contributed by atoms with Crippen molar-refractivity contribution in [3.05, 3.63) is 54.1 Å². The Bertz CT molecular complexity index is 1100. The molecule has 1 aromatic heterocycles. The molecule has 1 aliphatic rings. The Morgan fingerprint density at radius 1 is 1.00 bits per heavy atom. The quantitative estimate of drug-likeness (QED) is 0.405. The number of alkyl halides is 3.